The summed E-state index contributed by atoms with van der Waals surface area (Å²) in [6.07, 6.45) is 1.73. The summed E-state index contributed by atoms with van der Waals surface area (Å²) < 4.78 is 28.1. The molecule has 1 fully saturated rings. The summed E-state index contributed by atoms with van der Waals surface area (Å²) in [4.78, 5) is 0. The van der Waals surface area contributed by atoms with Gasteiger partial charge in [0.1, 0.15) is 6.10 Å². The molecule has 0 amide bonds. The van der Waals surface area contributed by atoms with Gasteiger partial charge in [-0.05, 0) is 0 Å². The summed E-state index contributed by atoms with van der Waals surface area (Å²) in [5, 5.41) is 0. The molecule has 1 unspecified atom stereocenters. The highest BCUT2D eigenvalue weighted by Crippen LogP contribution is 2.04. The van der Waals surface area contributed by atoms with Crippen molar-refractivity contribution < 1.29 is 23.7 Å². The molecule has 0 N–H and O–H groups in total. The van der Waals surface area contributed by atoms with E-state index in [0.717, 1.165) is 42.8 Å². The number of hydrogen-bond donors (Lipinski definition) is 0. The molecular weight excluding hydrogens is 336 g/mol. The van der Waals surface area contributed by atoms with Gasteiger partial charge in [-0.3, -0.25) is 0 Å². The Morgan fingerprint density at radius 1 is 0.870 bits per heavy atom. The van der Waals surface area contributed by atoms with Gasteiger partial charge in [-0.15, -0.1) is 6.58 Å². The van der Waals surface area contributed by atoms with Crippen LogP contribution in [-0.4, -0.2) is 88.6 Å². The van der Waals surface area contributed by atoms with Gasteiger partial charge in [-0.25, -0.2) is 0 Å². The van der Waals surface area contributed by atoms with E-state index in [1.54, 1.807) is 6.08 Å². The second-order valence-corrected chi connectivity index (χ2v) is 7.29. The smallest absolute Gasteiger partial charge is 0.104 e. The molecule has 0 aliphatic carbocycles. The van der Waals surface area contributed by atoms with E-state index >= 15 is 0 Å². The van der Waals surface area contributed by atoms with Crippen LogP contribution in [0, 0.1) is 0 Å². The van der Waals surface area contributed by atoms with Crippen LogP contribution >= 0.6 is 23.5 Å². The summed E-state index contributed by atoms with van der Waals surface area (Å²) in [6.45, 7) is 9.62. The molecule has 1 saturated heterocycles. The van der Waals surface area contributed by atoms with Crippen molar-refractivity contribution in [3.8, 4) is 0 Å². The van der Waals surface area contributed by atoms with Gasteiger partial charge in [-0.2, -0.15) is 23.5 Å². The Morgan fingerprint density at radius 2 is 1.48 bits per heavy atom. The van der Waals surface area contributed by atoms with Gasteiger partial charge in [0.15, 0.2) is 0 Å². The lowest BCUT2D eigenvalue weighted by Crippen LogP contribution is -2.27. The van der Waals surface area contributed by atoms with Crippen molar-refractivity contribution in [2.45, 2.75) is 6.10 Å². The van der Waals surface area contributed by atoms with Crippen molar-refractivity contribution in [2.24, 2.45) is 0 Å². The zero-order valence-electron chi connectivity index (χ0n) is 13.9. The van der Waals surface area contributed by atoms with Gasteiger partial charge >= 0.3 is 0 Å². The molecule has 0 bridgehead atoms. The second kappa shape index (κ2) is 17.1. The van der Waals surface area contributed by atoms with Crippen LogP contribution in [0.25, 0.3) is 0 Å². The quantitative estimate of drug-likeness (QED) is 0.558. The molecule has 1 heterocycles. The Morgan fingerprint density at radius 3 is 2.13 bits per heavy atom. The minimum atomic E-state index is -0.0148. The maximum absolute atomic E-state index is 5.86. The van der Waals surface area contributed by atoms with Gasteiger partial charge in [0, 0.05) is 23.0 Å². The molecule has 1 atom stereocenters. The minimum Gasteiger partial charge on any atom is -0.378 e. The number of ether oxygens (including phenoxy) is 5. The van der Waals surface area contributed by atoms with E-state index < -0.39 is 0 Å². The first-order valence-electron chi connectivity index (χ1n) is 8.12. The van der Waals surface area contributed by atoms with Crippen molar-refractivity contribution in [1.82, 2.24) is 0 Å². The highest BCUT2D eigenvalue weighted by atomic mass is 32.2. The highest BCUT2D eigenvalue weighted by molar-refractivity contribution is 7.99. The maximum atomic E-state index is 5.86. The van der Waals surface area contributed by atoms with E-state index in [2.05, 4.69) is 6.58 Å². The van der Waals surface area contributed by atoms with Gasteiger partial charge in [0.2, 0.25) is 0 Å². The maximum Gasteiger partial charge on any atom is 0.104 e. The fourth-order valence-corrected chi connectivity index (χ4v) is 3.12. The standard InChI is InChI=1S/C16H30O5S2/c1-2-3-19-14-16-15-20-8-12-22-10-6-17-4-5-18-7-11-23-13-9-21-16/h2,16H,1,3-15H2. The lowest BCUT2D eigenvalue weighted by Gasteiger charge is -2.18. The Balaban J connectivity index is 2.22. The first-order chi connectivity index (χ1) is 11.4. The van der Waals surface area contributed by atoms with Crippen LogP contribution in [0.5, 0.6) is 0 Å². The Bertz CT molecular complexity index is 251. The third-order valence-corrected chi connectivity index (χ3v) is 4.73. The van der Waals surface area contributed by atoms with Crippen LogP contribution in [0.3, 0.4) is 0 Å². The molecule has 0 saturated carbocycles. The average molecular weight is 367 g/mol. The molecule has 23 heavy (non-hydrogen) atoms. The van der Waals surface area contributed by atoms with E-state index in [9.17, 15) is 0 Å². The molecule has 1 aliphatic rings. The fraction of sp³-hybridized carbons (Fsp3) is 0.875. The molecule has 0 aromatic heterocycles. The minimum absolute atomic E-state index is 0.0148. The molecule has 0 aromatic rings. The summed E-state index contributed by atoms with van der Waals surface area (Å²) in [6, 6.07) is 0. The third-order valence-electron chi connectivity index (χ3n) is 2.91. The van der Waals surface area contributed by atoms with Crippen molar-refractivity contribution in [3.63, 3.8) is 0 Å². The molecular formula is C16H30O5S2. The summed E-state index contributed by atoms with van der Waals surface area (Å²) in [5.41, 5.74) is 0. The molecule has 1 aliphatic heterocycles. The van der Waals surface area contributed by atoms with Gasteiger partial charge < -0.3 is 23.7 Å². The number of thioether (sulfide) groups is 2. The molecule has 136 valence electrons. The molecule has 0 radical (unpaired) electrons. The first-order valence-corrected chi connectivity index (χ1v) is 10.4. The zero-order valence-corrected chi connectivity index (χ0v) is 15.5. The second-order valence-electron chi connectivity index (χ2n) is 4.84. The van der Waals surface area contributed by atoms with Gasteiger partial charge in [0.05, 0.1) is 59.5 Å². The van der Waals surface area contributed by atoms with E-state index in [4.69, 9.17) is 23.7 Å². The summed E-state index contributed by atoms with van der Waals surface area (Å²) in [5.74, 6) is 3.89. The first kappa shape index (κ1) is 21.3. The van der Waals surface area contributed by atoms with Gasteiger partial charge in [-0.1, -0.05) is 6.08 Å². The van der Waals surface area contributed by atoms with E-state index in [-0.39, 0.29) is 6.10 Å². The van der Waals surface area contributed by atoms with Crippen molar-refractivity contribution in [1.29, 1.82) is 0 Å². The lowest BCUT2D eigenvalue weighted by molar-refractivity contribution is -0.0489. The Labute approximate surface area is 148 Å². The zero-order chi connectivity index (χ0) is 16.4. The Kier molecular flexibility index (Phi) is 15.8. The van der Waals surface area contributed by atoms with E-state index in [1.807, 2.05) is 23.5 Å². The molecule has 5 nitrogen and oxygen atoms in total. The van der Waals surface area contributed by atoms with Crippen LogP contribution in [0.1, 0.15) is 0 Å². The van der Waals surface area contributed by atoms with Crippen molar-refractivity contribution >= 4 is 23.5 Å². The van der Waals surface area contributed by atoms with Crippen LogP contribution in [0.4, 0.5) is 0 Å². The summed E-state index contributed by atoms with van der Waals surface area (Å²) >= 11 is 3.67. The summed E-state index contributed by atoms with van der Waals surface area (Å²) in [7, 11) is 0. The van der Waals surface area contributed by atoms with Crippen molar-refractivity contribution in [3.05, 3.63) is 12.7 Å². The van der Waals surface area contributed by atoms with E-state index in [1.165, 1.54) is 0 Å². The molecule has 0 spiro atoms. The largest absolute Gasteiger partial charge is 0.378 e. The van der Waals surface area contributed by atoms with E-state index in [0.29, 0.717) is 39.6 Å². The number of hydrogen-bond acceptors (Lipinski definition) is 7. The Hall–Kier alpha value is 0.240. The average Bonchev–Trinajstić information content (AvgIpc) is 2.56. The molecule has 0 aromatic carbocycles. The normalized spacial score (nSPS) is 24.4. The van der Waals surface area contributed by atoms with Gasteiger partial charge in [0.25, 0.3) is 0 Å². The van der Waals surface area contributed by atoms with Crippen LogP contribution in [-0.2, 0) is 23.7 Å². The van der Waals surface area contributed by atoms with Crippen molar-refractivity contribution in [2.75, 3.05) is 82.5 Å². The lowest BCUT2D eigenvalue weighted by atomic mass is 10.4. The number of rotatable bonds is 4. The highest BCUT2D eigenvalue weighted by Gasteiger charge is 2.10. The van der Waals surface area contributed by atoms with Crippen LogP contribution in [0.2, 0.25) is 0 Å². The monoisotopic (exact) mass is 366 g/mol. The SMILES string of the molecule is C=CCOCC1COCCSCCOCCOCCSCCO1. The predicted octanol–water partition coefficient (Wildman–Crippen LogP) is 2.10. The topological polar surface area (TPSA) is 46.2 Å². The van der Waals surface area contributed by atoms with Crippen LogP contribution in [0.15, 0.2) is 12.7 Å². The third kappa shape index (κ3) is 14.3. The predicted molar refractivity (Wildman–Crippen MR) is 97.9 cm³/mol. The molecule has 7 heteroatoms. The van der Waals surface area contributed by atoms with Crippen LogP contribution < -0.4 is 0 Å². The fourth-order valence-electron chi connectivity index (χ4n) is 1.80. The molecule has 1 rings (SSSR count).